The molecular formula is C18H17N3O5. The summed E-state index contributed by atoms with van der Waals surface area (Å²) < 4.78 is 0. The van der Waals surface area contributed by atoms with Crippen LogP contribution in [0.3, 0.4) is 0 Å². The van der Waals surface area contributed by atoms with Gasteiger partial charge in [0.2, 0.25) is 5.91 Å². The fourth-order valence-corrected chi connectivity index (χ4v) is 3.10. The van der Waals surface area contributed by atoms with E-state index in [9.17, 15) is 25.0 Å². The number of hydrogen-bond donors (Lipinski definition) is 0. The number of hydrogen-bond acceptors (Lipinski definition) is 5. The second kappa shape index (κ2) is 7.30. The first kappa shape index (κ1) is 17.5. The lowest BCUT2D eigenvalue weighted by molar-refractivity contribution is -0.385. The first-order valence-electron chi connectivity index (χ1n) is 8.21. The Morgan fingerprint density at radius 2 is 1.73 bits per heavy atom. The standard InChI is InChI=1S/C18H17N3O5/c22-18(7-4-13-2-1-3-16(10-13)20(23)24)19-9-8-14-5-6-17(21(25)26)11-15(14)12-19/h1-3,5-6,10-11H,4,7-9,12H2. The van der Waals surface area contributed by atoms with Crippen molar-refractivity contribution in [3.8, 4) is 0 Å². The lowest BCUT2D eigenvalue weighted by Crippen LogP contribution is -2.36. The summed E-state index contributed by atoms with van der Waals surface area (Å²) in [6, 6.07) is 11.0. The third kappa shape index (κ3) is 3.85. The number of carbonyl (C=O) groups excluding carboxylic acids is 1. The molecule has 1 amide bonds. The number of nitrogens with zero attached hydrogens (tertiary/aromatic N) is 3. The molecule has 1 aliphatic rings. The number of non-ortho nitro benzene ring substituents is 2. The van der Waals surface area contributed by atoms with E-state index in [1.165, 1.54) is 24.3 Å². The minimum atomic E-state index is -0.459. The fourth-order valence-electron chi connectivity index (χ4n) is 3.10. The van der Waals surface area contributed by atoms with Gasteiger partial charge in [-0.1, -0.05) is 18.2 Å². The zero-order valence-electron chi connectivity index (χ0n) is 14.0. The molecule has 1 heterocycles. The van der Waals surface area contributed by atoms with Crippen LogP contribution in [-0.4, -0.2) is 27.2 Å². The Morgan fingerprint density at radius 1 is 1.00 bits per heavy atom. The van der Waals surface area contributed by atoms with Gasteiger partial charge < -0.3 is 4.90 Å². The number of carbonyl (C=O) groups is 1. The van der Waals surface area contributed by atoms with Gasteiger partial charge >= 0.3 is 0 Å². The van der Waals surface area contributed by atoms with E-state index in [4.69, 9.17) is 0 Å². The molecule has 0 saturated heterocycles. The fraction of sp³-hybridized carbons (Fsp3) is 0.278. The topological polar surface area (TPSA) is 107 Å². The van der Waals surface area contributed by atoms with Gasteiger partial charge in [-0.2, -0.15) is 0 Å². The average Bonchev–Trinajstić information content (AvgIpc) is 2.65. The smallest absolute Gasteiger partial charge is 0.269 e. The van der Waals surface area contributed by atoms with Crippen molar-refractivity contribution in [1.29, 1.82) is 0 Å². The number of benzene rings is 2. The van der Waals surface area contributed by atoms with Gasteiger partial charge in [0.15, 0.2) is 0 Å². The summed E-state index contributed by atoms with van der Waals surface area (Å²) in [4.78, 5) is 35.0. The van der Waals surface area contributed by atoms with Gasteiger partial charge in [0, 0.05) is 43.8 Å². The Bertz CT molecular complexity index is 881. The Balaban J connectivity index is 1.64. The van der Waals surface area contributed by atoms with E-state index in [2.05, 4.69) is 0 Å². The van der Waals surface area contributed by atoms with Crippen LogP contribution in [0.25, 0.3) is 0 Å². The van der Waals surface area contributed by atoms with Crippen LogP contribution in [0.1, 0.15) is 23.1 Å². The summed E-state index contributed by atoms with van der Waals surface area (Å²) >= 11 is 0. The van der Waals surface area contributed by atoms with Crippen molar-refractivity contribution in [2.75, 3.05) is 6.54 Å². The third-order valence-corrected chi connectivity index (χ3v) is 4.51. The maximum Gasteiger partial charge on any atom is 0.269 e. The van der Waals surface area contributed by atoms with Gasteiger partial charge in [-0.3, -0.25) is 25.0 Å². The molecule has 0 saturated carbocycles. The van der Waals surface area contributed by atoms with Crippen LogP contribution in [-0.2, 0) is 24.2 Å². The van der Waals surface area contributed by atoms with Gasteiger partial charge in [-0.15, -0.1) is 0 Å². The van der Waals surface area contributed by atoms with E-state index in [0.29, 0.717) is 25.9 Å². The van der Waals surface area contributed by atoms with Crippen molar-refractivity contribution < 1.29 is 14.6 Å². The number of aryl methyl sites for hydroxylation is 1. The molecular weight excluding hydrogens is 338 g/mol. The van der Waals surface area contributed by atoms with E-state index < -0.39 is 9.85 Å². The molecule has 0 radical (unpaired) electrons. The zero-order chi connectivity index (χ0) is 18.7. The molecule has 0 bridgehead atoms. The highest BCUT2D eigenvalue weighted by molar-refractivity contribution is 5.77. The van der Waals surface area contributed by atoms with E-state index in [-0.39, 0.29) is 23.7 Å². The second-order valence-electron chi connectivity index (χ2n) is 6.20. The number of amides is 1. The summed E-state index contributed by atoms with van der Waals surface area (Å²) in [6.45, 7) is 0.920. The monoisotopic (exact) mass is 355 g/mol. The van der Waals surface area contributed by atoms with Crippen molar-refractivity contribution in [1.82, 2.24) is 4.90 Å². The molecule has 0 fully saturated rings. The third-order valence-electron chi connectivity index (χ3n) is 4.51. The lowest BCUT2D eigenvalue weighted by Gasteiger charge is -2.28. The van der Waals surface area contributed by atoms with Crippen LogP contribution >= 0.6 is 0 Å². The van der Waals surface area contributed by atoms with Crippen LogP contribution in [0.4, 0.5) is 11.4 Å². The molecule has 0 spiro atoms. The van der Waals surface area contributed by atoms with E-state index in [1.54, 1.807) is 23.1 Å². The SMILES string of the molecule is O=C(CCc1cccc([N+](=O)[O-])c1)N1CCc2ccc([N+](=O)[O-])cc2C1. The Morgan fingerprint density at radius 3 is 2.46 bits per heavy atom. The highest BCUT2D eigenvalue weighted by Crippen LogP contribution is 2.24. The minimum Gasteiger partial charge on any atom is -0.338 e. The molecule has 8 nitrogen and oxygen atoms in total. The highest BCUT2D eigenvalue weighted by atomic mass is 16.6. The van der Waals surface area contributed by atoms with Crippen molar-refractivity contribution in [2.24, 2.45) is 0 Å². The molecule has 26 heavy (non-hydrogen) atoms. The quantitative estimate of drug-likeness (QED) is 0.605. The maximum absolute atomic E-state index is 12.5. The first-order chi connectivity index (χ1) is 12.4. The molecule has 2 aromatic carbocycles. The molecule has 0 aromatic heterocycles. The van der Waals surface area contributed by atoms with Crippen LogP contribution in [0.15, 0.2) is 42.5 Å². The Kier molecular flexibility index (Phi) is 4.92. The maximum atomic E-state index is 12.5. The van der Waals surface area contributed by atoms with Crippen LogP contribution in [0, 0.1) is 20.2 Å². The average molecular weight is 355 g/mol. The Hall–Kier alpha value is -3.29. The van der Waals surface area contributed by atoms with Gasteiger partial charge in [0.1, 0.15) is 0 Å². The van der Waals surface area contributed by atoms with Crippen LogP contribution in [0.5, 0.6) is 0 Å². The van der Waals surface area contributed by atoms with Gasteiger partial charge in [-0.05, 0) is 29.5 Å². The van der Waals surface area contributed by atoms with E-state index >= 15 is 0 Å². The largest absolute Gasteiger partial charge is 0.338 e. The van der Waals surface area contributed by atoms with Gasteiger partial charge in [0.05, 0.1) is 9.85 Å². The van der Waals surface area contributed by atoms with E-state index in [1.807, 2.05) is 0 Å². The summed E-state index contributed by atoms with van der Waals surface area (Å²) in [5, 5.41) is 21.7. The molecule has 0 aliphatic carbocycles. The second-order valence-corrected chi connectivity index (χ2v) is 6.20. The van der Waals surface area contributed by atoms with Crippen molar-refractivity contribution in [3.63, 3.8) is 0 Å². The molecule has 1 aliphatic heterocycles. The minimum absolute atomic E-state index is 0.00848. The predicted molar refractivity (Wildman–Crippen MR) is 93.6 cm³/mol. The molecule has 134 valence electrons. The predicted octanol–water partition coefficient (Wildman–Crippen LogP) is 3.02. The summed E-state index contributed by atoms with van der Waals surface area (Å²) in [5.74, 6) is -0.0614. The Labute approximate surface area is 149 Å². The molecule has 8 heteroatoms. The summed E-state index contributed by atoms with van der Waals surface area (Å²) in [5.41, 5.74) is 2.59. The molecule has 2 aromatic rings. The van der Waals surface area contributed by atoms with Crippen LogP contribution in [0.2, 0.25) is 0 Å². The molecule has 0 unspecified atom stereocenters. The van der Waals surface area contributed by atoms with Crippen molar-refractivity contribution in [2.45, 2.75) is 25.8 Å². The number of rotatable bonds is 5. The first-order valence-corrected chi connectivity index (χ1v) is 8.21. The summed E-state index contributed by atoms with van der Waals surface area (Å²) in [6.07, 6.45) is 1.32. The normalized spacial score (nSPS) is 13.2. The number of nitro groups is 2. The zero-order valence-corrected chi connectivity index (χ0v) is 14.0. The lowest BCUT2D eigenvalue weighted by atomic mass is 9.98. The van der Waals surface area contributed by atoms with Crippen LogP contribution < -0.4 is 0 Å². The molecule has 0 atom stereocenters. The summed E-state index contributed by atoms with van der Waals surface area (Å²) in [7, 11) is 0. The highest BCUT2D eigenvalue weighted by Gasteiger charge is 2.22. The molecule has 0 N–H and O–H groups in total. The van der Waals surface area contributed by atoms with Crippen molar-refractivity contribution in [3.05, 3.63) is 79.4 Å². The van der Waals surface area contributed by atoms with Gasteiger partial charge in [-0.25, -0.2) is 0 Å². The van der Waals surface area contributed by atoms with Gasteiger partial charge in [0.25, 0.3) is 11.4 Å². The van der Waals surface area contributed by atoms with E-state index in [0.717, 1.165) is 16.7 Å². The molecule has 3 rings (SSSR count). The number of fused-ring (bicyclic) bond motifs is 1. The number of nitro benzene ring substituents is 2. The van der Waals surface area contributed by atoms with Crippen molar-refractivity contribution >= 4 is 17.3 Å².